The maximum atomic E-state index is 11.3. The van der Waals surface area contributed by atoms with Crippen LogP contribution in [0.25, 0.3) is 22.2 Å². The number of ether oxygens (including phenoxy) is 1. The number of carbonyl (C=O) groups is 1. The van der Waals surface area contributed by atoms with Gasteiger partial charge in [0.15, 0.2) is 0 Å². The number of carboxylic acid groups (broad SMARTS) is 1. The highest BCUT2D eigenvalue weighted by Crippen LogP contribution is 2.38. The summed E-state index contributed by atoms with van der Waals surface area (Å²) < 4.78 is 6.29. The highest BCUT2D eigenvalue weighted by molar-refractivity contribution is 9.10. The second kappa shape index (κ2) is 6.26. The van der Waals surface area contributed by atoms with Crippen molar-refractivity contribution in [3.63, 3.8) is 0 Å². The molecule has 0 aliphatic heterocycles. The summed E-state index contributed by atoms with van der Waals surface area (Å²) in [5.41, 5.74) is 3.01. The zero-order valence-corrected chi connectivity index (χ0v) is 14.5. The Morgan fingerprint density at radius 1 is 1.30 bits per heavy atom. The first-order valence-electron chi connectivity index (χ1n) is 6.85. The van der Waals surface area contributed by atoms with Gasteiger partial charge in [-0.3, -0.25) is 4.79 Å². The fraction of sp³-hybridized carbons (Fsp3) is 0.118. The molecule has 0 saturated carbocycles. The number of nitrogens with one attached hydrogen (secondary N) is 1. The Hall–Kier alpha value is -1.98. The number of methoxy groups -OCH3 is 1. The normalized spacial score (nSPS) is 10.9. The molecule has 0 unspecified atom stereocenters. The molecule has 0 aliphatic carbocycles. The average molecular weight is 395 g/mol. The van der Waals surface area contributed by atoms with Gasteiger partial charge in [0.2, 0.25) is 0 Å². The SMILES string of the molecule is COc1ccc(Cl)cc1-c1[nH]c2ccc(Br)cc2c1CC(=O)O. The van der Waals surface area contributed by atoms with Crippen LogP contribution in [0, 0.1) is 0 Å². The third-order valence-corrected chi connectivity index (χ3v) is 4.36. The van der Waals surface area contributed by atoms with Gasteiger partial charge in [-0.25, -0.2) is 0 Å². The molecule has 2 N–H and O–H groups in total. The van der Waals surface area contributed by atoms with Crippen LogP contribution in [-0.4, -0.2) is 23.2 Å². The van der Waals surface area contributed by atoms with Crippen LogP contribution in [0.1, 0.15) is 5.56 Å². The summed E-state index contributed by atoms with van der Waals surface area (Å²) in [5.74, 6) is -0.264. The molecule has 1 aromatic heterocycles. The number of benzene rings is 2. The molecule has 0 saturated heterocycles. The van der Waals surface area contributed by atoms with Gasteiger partial charge in [-0.2, -0.15) is 0 Å². The van der Waals surface area contributed by atoms with Gasteiger partial charge >= 0.3 is 5.97 Å². The maximum Gasteiger partial charge on any atom is 0.307 e. The minimum absolute atomic E-state index is 0.0958. The lowest BCUT2D eigenvalue weighted by molar-refractivity contribution is -0.136. The molecule has 3 rings (SSSR count). The van der Waals surface area contributed by atoms with Crippen LogP contribution in [0.3, 0.4) is 0 Å². The van der Waals surface area contributed by atoms with E-state index in [1.165, 1.54) is 0 Å². The third-order valence-electron chi connectivity index (χ3n) is 3.63. The Bertz CT molecular complexity index is 904. The van der Waals surface area contributed by atoms with E-state index in [2.05, 4.69) is 20.9 Å². The van der Waals surface area contributed by atoms with Crippen LogP contribution in [0.15, 0.2) is 40.9 Å². The Kier molecular flexibility index (Phi) is 4.33. The highest BCUT2D eigenvalue weighted by atomic mass is 79.9. The number of fused-ring (bicyclic) bond motifs is 1. The number of hydrogen-bond donors (Lipinski definition) is 2. The van der Waals surface area contributed by atoms with Crippen molar-refractivity contribution in [2.45, 2.75) is 6.42 Å². The first-order valence-corrected chi connectivity index (χ1v) is 8.02. The van der Waals surface area contributed by atoms with Crippen LogP contribution in [0.4, 0.5) is 0 Å². The number of aliphatic carboxylic acids is 1. The van der Waals surface area contributed by atoms with E-state index < -0.39 is 5.97 Å². The van der Waals surface area contributed by atoms with E-state index in [0.29, 0.717) is 22.0 Å². The van der Waals surface area contributed by atoms with Crippen LogP contribution in [0.2, 0.25) is 5.02 Å². The fourth-order valence-corrected chi connectivity index (χ4v) is 3.19. The average Bonchev–Trinajstić information content (AvgIpc) is 2.84. The van der Waals surface area contributed by atoms with Crippen molar-refractivity contribution in [2.24, 2.45) is 0 Å². The predicted molar refractivity (Wildman–Crippen MR) is 94.3 cm³/mol. The van der Waals surface area contributed by atoms with Gasteiger partial charge in [0.05, 0.1) is 19.2 Å². The summed E-state index contributed by atoms with van der Waals surface area (Å²) in [6.07, 6.45) is -0.0958. The van der Waals surface area contributed by atoms with Crippen molar-refractivity contribution in [2.75, 3.05) is 7.11 Å². The van der Waals surface area contributed by atoms with Crippen LogP contribution >= 0.6 is 27.5 Å². The molecular formula is C17H13BrClNO3. The summed E-state index contributed by atoms with van der Waals surface area (Å²) in [7, 11) is 1.57. The lowest BCUT2D eigenvalue weighted by atomic mass is 10.0. The van der Waals surface area contributed by atoms with Gasteiger partial charge in [-0.05, 0) is 42.0 Å². The topological polar surface area (TPSA) is 62.3 Å². The zero-order valence-electron chi connectivity index (χ0n) is 12.2. The summed E-state index contributed by atoms with van der Waals surface area (Å²) in [6.45, 7) is 0. The molecule has 0 radical (unpaired) electrons. The number of hydrogen-bond acceptors (Lipinski definition) is 2. The number of aromatic amines is 1. The second-order valence-corrected chi connectivity index (χ2v) is 6.44. The number of H-pyrrole nitrogens is 1. The molecule has 1 heterocycles. The van der Waals surface area contributed by atoms with Crippen molar-refractivity contribution in [3.05, 3.63) is 51.5 Å². The smallest absolute Gasteiger partial charge is 0.307 e. The van der Waals surface area contributed by atoms with Crippen molar-refractivity contribution in [3.8, 4) is 17.0 Å². The molecule has 0 atom stereocenters. The molecule has 0 aliphatic rings. The minimum Gasteiger partial charge on any atom is -0.496 e. The summed E-state index contributed by atoms with van der Waals surface area (Å²) >= 11 is 9.54. The largest absolute Gasteiger partial charge is 0.496 e. The molecule has 4 nitrogen and oxygen atoms in total. The Morgan fingerprint density at radius 2 is 2.09 bits per heavy atom. The molecule has 6 heteroatoms. The zero-order chi connectivity index (χ0) is 16.6. The standard InChI is InChI=1S/C17H13BrClNO3/c1-23-15-5-3-10(19)7-13(15)17-12(8-16(21)22)11-6-9(18)2-4-14(11)20-17/h2-7,20H,8H2,1H3,(H,21,22). The van der Waals surface area contributed by atoms with Gasteiger partial charge < -0.3 is 14.8 Å². The summed E-state index contributed by atoms with van der Waals surface area (Å²) in [6, 6.07) is 11.0. The van der Waals surface area contributed by atoms with E-state index in [-0.39, 0.29) is 6.42 Å². The molecule has 0 bridgehead atoms. The number of carboxylic acids is 1. The van der Waals surface area contributed by atoms with Gasteiger partial charge in [0.1, 0.15) is 5.75 Å². The molecule has 2 aromatic carbocycles. The Morgan fingerprint density at radius 3 is 2.78 bits per heavy atom. The van der Waals surface area contributed by atoms with Crippen molar-refractivity contribution in [1.29, 1.82) is 0 Å². The lowest BCUT2D eigenvalue weighted by Crippen LogP contribution is -2.01. The van der Waals surface area contributed by atoms with Crippen LogP contribution in [-0.2, 0) is 11.2 Å². The molecule has 0 amide bonds. The van der Waals surface area contributed by atoms with E-state index in [9.17, 15) is 9.90 Å². The van der Waals surface area contributed by atoms with Gasteiger partial charge in [0, 0.05) is 26.0 Å². The lowest BCUT2D eigenvalue weighted by Gasteiger charge is -2.09. The monoisotopic (exact) mass is 393 g/mol. The second-order valence-electron chi connectivity index (χ2n) is 5.08. The number of rotatable bonds is 4. The third kappa shape index (κ3) is 3.07. The van der Waals surface area contributed by atoms with E-state index in [1.54, 1.807) is 25.3 Å². The molecular weight excluding hydrogens is 382 g/mol. The Balaban J connectivity index is 2.32. The first kappa shape index (κ1) is 15.9. The number of aromatic nitrogens is 1. The van der Waals surface area contributed by atoms with Crippen molar-refractivity contribution >= 4 is 44.4 Å². The summed E-state index contributed by atoms with van der Waals surface area (Å²) in [5, 5.41) is 10.7. The quantitative estimate of drug-likeness (QED) is 0.662. The van der Waals surface area contributed by atoms with Gasteiger partial charge in [-0.1, -0.05) is 27.5 Å². The molecule has 0 fully saturated rings. The highest BCUT2D eigenvalue weighted by Gasteiger charge is 2.19. The van der Waals surface area contributed by atoms with Gasteiger partial charge in [0.25, 0.3) is 0 Å². The first-order chi connectivity index (χ1) is 11.0. The van der Waals surface area contributed by atoms with E-state index in [1.807, 2.05) is 18.2 Å². The summed E-state index contributed by atoms with van der Waals surface area (Å²) in [4.78, 5) is 14.6. The van der Waals surface area contributed by atoms with Crippen molar-refractivity contribution in [1.82, 2.24) is 4.98 Å². The maximum absolute atomic E-state index is 11.3. The van der Waals surface area contributed by atoms with Crippen LogP contribution < -0.4 is 4.74 Å². The van der Waals surface area contributed by atoms with E-state index >= 15 is 0 Å². The minimum atomic E-state index is -0.895. The molecule has 3 aromatic rings. The molecule has 118 valence electrons. The molecule has 23 heavy (non-hydrogen) atoms. The van der Waals surface area contributed by atoms with E-state index in [0.717, 1.165) is 20.9 Å². The molecule has 0 spiro atoms. The fourth-order valence-electron chi connectivity index (χ4n) is 2.66. The van der Waals surface area contributed by atoms with E-state index in [4.69, 9.17) is 16.3 Å². The Labute approximate surface area is 146 Å². The van der Waals surface area contributed by atoms with Gasteiger partial charge in [-0.15, -0.1) is 0 Å². The number of halogens is 2. The van der Waals surface area contributed by atoms with Crippen LogP contribution in [0.5, 0.6) is 5.75 Å². The predicted octanol–water partition coefficient (Wildman–Crippen LogP) is 4.89. The van der Waals surface area contributed by atoms with Crippen molar-refractivity contribution < 1.29 is 14.6 Å².